The molecule has 0 bridgehead atoms. The van der Waals surface area contributed by atoms with Crippen LogP contribution >= 0.6 is 0 Å². The number of aromatic nitrogens is 1. The van der Waals surface area contributed by atoms with Gasteiger partial charge in [-0.1, -0.05) is 37.3 Å². The first-order chi connectivity index (χ1) is 16.4. The largest absolute Gasteiger partial charge is 0.497 e. The third-order valence-corrected chi connectivity index (χ3v) is 7.38. The Kier molecular flexibility index (Phi) is 5.60. The molecular formula is C27H32N4O3. The van der Waals surface area contributed by atoms with Gasteiger partial charge in [0.1, 0.15) is 17.3 Å². The maximum Gasteiger partial charge on any atom is 0.328 e. The first-order valence-corrected chi connectivity index (χ1v) is 11.9. The van der Waals surface area contributed by atoms with Gasteiger partial charge in [0.05, 0.1) is 7.11 Å². The number of benzene rings is 2. The van der Waals surface area contributed by atoms with Crippen LogP contribution in [-0.2, 0) is 11.2 Å². The van der Waals surface area contributed by atoms with E-state index in [1.54, 1.807) is 7.11 Å². The molecule has 1 N–H and O–H groups in total. The van der Waals surface area contributed by atoms with Crippen LogP contribution in [0.5, 0.6) is 5.75 Å². The molecule has 7 heteroatoms. The average molecular weight is 461 g/mol. The highest BCUT2D eigenvalue weighted by Gasteiger charge is 2.61. The minimum absolute atomic E-state index is 0.0809. The van der Waals surface area contributed by atoms with Gasteiger partial charge in [-0.25, -0.2) is 4.79 Å². The minimum Gasteiger partial charge on any atom is -0.497 e. The first kappa shape index (κ1) is 22.5. The molecule has 0 saturated carbocycles. The van der Waals surface area contributed by atoms with Gasteiger partial charge in [-0.15, -0.1) is 0 Å². The monoisotopic (exact) mass is 460 g/mol. The van der Waals surface area contributed by atoms with E-state index in [2.05, 4.69) is 9.88 Å². The van der Waals surface area contributed by atoms with Crippen molar-refractivity contribution in [2.45, 2.75) is 37.8 Å². The lowest BCUT2D eigenvalue weighted by Gasteiger charge is -2.44. The number of H-pyrrole nitrogens is 1. The summed E-state index contributed by atoms with van der Waals surface area (Å²) in [4.78, 5) is 36.9. The SMILES string of the molecule is CCC12Cc3c([nH]c4ccc(OC)cc34)C(c3ccccc3)N1C(=O)N(CCCN(C)C)C2=O. The van der Waals surface area contributed by atoms with E-state index in [9.17, 15) is 9.59 Å². The lowest BCUT2D eigenvalue weighted by atomic mass is 9.78. The second-order valence-corrected chi connectivity index (χ2v) is 9.57. The summed E-state index contributed by atoms with van der Waals surface area (Å²) in [5, 5.41) is 1.05. The topological polar surface area (TPSA) is 68.9 Å². The predicted octanol–water partition coefficient (Wildman–Crippen LogP) is 4.19. The first-order valence-electron chi connectivity index (χ1n) is 11.9. The molecule has 2 unspecified atom stereocenters. The lowest BCUT2D eigenvalue weighted by molar-refractivity contribution is -0.134. The van der Waals surface area contributed by atoms with Crippen LogP contribution in [0.25, 0.3) is 10.9 Å². The lowest BCUT2D eigenvalue weighted by Crippen LogP contribution is -2.55. The Morgan fingerprint density at radius 1 is 1.15 bits per heavy atom. The van der Waals surface area contributed by atoms with Crippen molar-refractivity contribution in [1.82, 2.24) is 19.7 Å². The number of ether oxygens (including phenoxy) is 1. The van der Waals surface area contributed by atoms with Gasteiger partial charge in [-0.2, -0.15) is 0 Å². The number of rotatable bonds is 7. The number of fused-ring (bicyclic) bond motifs is 4. The molecule has 0 spiro atoms. The van der Waals surface area contributed by atoms with Gasteiger partial charge in [0.2, 0.25) is 0 Å². The molecule has 178 valence electrons. The highest BCUT2D eigenvalue weighted by Crippen LogP contribution is 2.50. The molecule has 3 heterocycles. The van der Waals surface area contributed by atoms with Crippen molar-refractivity contribution < 1.29 is 14.3 Å². The van der Waals surface area contributed by atoms with Crippen LogP contribution in [0, 0.1) is 0 Å². The second kappa shape index (κ2) is 8.47. The van der Waals surface area contributed by atoms with Crippen LogP contribution in [0.2, 0.25) is 0 Å². The fraction of sp³-hybridized carbons (Fsp3) is 0.407. The summed E-state index contributed by atoms with van der Waals surface area (Å²) in [7, 11) is 5.66. The van der Waals surface area contributed by atoms with Gasteiger partial charge in [-0.3, -0.25) is 14.6 Å². The molecule has 1 saturated heterocycles. The quantitative estimate of drug-likeness (QED) is 0.537. The molecule has 34 heavy (non-hydrogen) atoms. The molecule has 7 nitrogen and oxygen atoms in total. The number of nitrogens with one attached hydrogen (secondary N) is 1. The van der Waals surface area contributed by atoms with E-state index in [0.717, 1.165) is 46.4 Å². The number of carbonyl (C=O) groups is 2. The molecule has 3 aromatic rings. The number of methoxy groups -OCH3 is 1. The highest BCUT2D eigenvalue weighted by atomic mass is 16.5. The summed E-state index contributed by atoms with van der Waals surface area (Å²) in [6, 6.07) is 15.4. The van der Waals surface area contributed by atoms with Crippen molar-refractivity contribution in [1.29, 1.82) is 0 Å². The van der Waals surface area contributed by atoms with Crippen molar-refractivity contribution in [3.63, 3.8) is 0 Å². The van der Waals surface area contributed by atoms with Gasteiger partial charge < -0.3 is 14.6 Å². The molecule has 1 aromatic heterocycles. The van der Waals surface area contributed by atoms with Gasteiger partial charge in [0, 0.05) is 29.6 Å². The highest BCUT2D eigenvalue weighted by molar-refractivity contribution is 6.08. The van der Waals surface area contributed by atoms with Crippen molar-refractivity contribution in [3.8, 4) is 5.75 Å². The van der Waals surface area contributed by atoms with Gasteiger partial charge in [-0.05, 0) is 62.8 Å². The zero-order valence-corrected chi connectivity index (χ0v) is 20.3. The molecule has 3 amide bonds. The van der Waals surface area contributed by atoms with Crippen molar-refractivity contribution in [2.24, 2.45) is 0 Å². The smallest absolute Gasteiger partial charge is 0.328 e. The van der Waals surface area contributed by atoms with E-state index in [-0.39, 0.29) is 18.0 Å². The summed E-state index contributed by atoms with van der Waals surface area (Å²) < 4.78 is 5.49. The Hall–Kier alpha value is -3.32. The maximum absolute atomic E-state index is 14.0. The number of amides is 3. The van der Waals surface area contributed by atoms with E-state index < -0.39 is 5.54 Å². The fourth-order valence-electron chi connectivity index (χ4n) is 5.63. The standard InChI is InChI=1S/C27H32N4O3/c1-5-27-17-21-20-16-19(34-4)12-13-22(20)28-23(21)24(18-10-7-6-8-11-18)31(27)26(33)30(25(27)32)15-9-14-29(2)3/h6-8,10-13,16,24,28H,5,9,14-15,17H2,1-4H3. The number of hydrogen-bond donors (Lipinski definition) is 1. The number of hydrogen-bond acceptors (Lipinski definition) is 4. The van der Waals surface area contributed by atoms with Crippen LogP contribution in [-0.4, -0.2) is 71.5 Å². The number of urea groups is 1. The third kappa shape index (κ3) is 3.29. The number of nitrogens with zero attached hydrogens (tertiary/aromatic N) is 3. The Balaban J connectivity index is 1.68. The normalized spacial score (nSPS) is 22.0. The summed E-state index contributed by atoms with van der Waals surface area (Å²) >= 11 is 0. The summed E-state index contributed by atoms with van der Waals surface area (Å²) in [6.45, 7) is 3.27. The Morgan fingerprint density at radius 2 is 1.91 bits per heavy atom. The number of carbonyl (C=O) groups excluding carboxylic acids is 2. The summed E-state index contributed by atoms with van der Waals surface area (Å²) in [6.07, 6.45) is 1.80. The Morgan fingerprint density at radius 3 is 2.59 bits per heavy atom. The molecule has 5 rings (SSSR count). The van der Waals surface area contributed by atoms with Crippen molar-refractivity contribution >= 4 is 22.8 Å². The number of imide groups is 1. The summed E-state index contributed by atoms with van der Waals surface area (Å²) in [5.74, 6) is 0.695. The molecule has 2 aliphatic rings. The van der Waals surface area contributed by atoms with Crippen LogP contribution in [0.3, 0.4) is 0 Å². The van der Waals surface area contributed by atoms with E-state index in [4.69, 9.17) is 4.74 Å². The Bertz CT molecular complexity index is 1240. The van der Waals surface area contributed by atoms with Crippen molar-refractivity contribution in [3.05, 3.63) is 65.4 Å². The second-order valence-electron chi connectivity index (χ2n) is 9.57. The minimum atomic E-state index is -0.902. The zero-order valence-electron chi connectivity index (χ0n) is 20.3. The fourth-order valence-corrected chi connectivity index (χ4v) is 5.63. The van der Waals surface area contributed by atoms with Crippen LogP contribution in [0.4, 0.5) is 4.79 Å². The molecule has 1 fully saturated rings. The predicted molar refractivity (Wildman–Crippen MR) is 132 cm³/mol. The molecular weight excluding hydrogens is 428 g/mol. The van der Waals surface area contributed by atoms with E-state index in [1.807, 2.05) is 74.4 Å². The van der Waals surface area contributed by atoms with Gasteiger partial charge in [0.15, 0.2) is 0 Å². The third-order valence-electron chi connectivity index (χ3n) is 7.38. The van der Waals surface area contributed by atoms with Crippen LogP contribution in [0.1, 0.15) is 42.6 Å². The Labute approximate surface area is 200 Å². The summed E-state index contributed by atoms with van der Waals surface area (Å²) in [5.41, 5.74) is 3.16. The molecule has 2 aromatic carbocycles. The maximum atomic E-state index is 14.0. The van der Waals surface area contributed by atoms with Gasteiger partial charge >= 0.3 is 6.03 Å². The molecule has 2 atom stereocenters. The van der Waals surface area contributed by atoms with E-state index in [1.165, 1.54) is 4.90 Å². The molecule has 2 aliphatic heterocycles. The van der Waals surface area contributed by atoms with Crippen LogP contribution in [0.15, 0.2) is 48.5 Å². The molecule has 0 aliphatic carbocycles. The average Bonchev–Trinajstić information content (AvgIpc) is 3.31. The number of aromatic amines is 1. The zero-order chi connectivity index (χ0) is 24.0. The molecule has 0 radical (unpaired) electrons. The van der Waals surface area contributed by atoms with E-state index in [0.29, 0.717) is 19.4 Å². The van der Waals surface area contributed by atoms with Crippen LogP contribution < -0.4 is 4.74 Å². The van der Waals surface area contributed by atoms with Gasteiger partial charge in [0.25, 0.3) is 5.91 Å². The van der Waals surface area contributed by atoms with E-state index >= 15 is 0 Å². The van der Waals surface area contributed by atoms with Crippen molar-refractivity contribution in [2.75, 3.05) is 34.3 Å².